The van der Waals surface area contributed by atoms with Gasteiger partial charge in [-0.3, -0.25) is 4.98 Å². The maximum atomic E-state index is 4.62. The van der Waals surface area contributed by atoms with Crippen molar-refractivity contribution in [3.05, 3.63) is 18.1 Å². The van der Waals surface area contributed by atoms with Crippen molar-refractivity contribution in [1.29, 1.82) is 0 Å². The molecule has 4 nitrogen and oxygen atoms in total. The number of nitrogens with zero attached hydrogens (tertiary/aromatic N) is 3. The molecule has 0 radical (unpaired) electrons. The highest BCUT2D eigenvalue weighted by molar-refractivity contribution is 5.37. The number of hydrogen-bond acceptors (Lipinski definition) is 4. The Morgan fingerprint density at radius 1 is 1.25 bits per heavy atom. The van der Waals surface area contributed by atoms with Gasteiger partial charge in [-0.05, 0) is 32.2 Å². The minimum absolute atomic E-state index is 0.580. The second-order valence-corrected chi connectivity index (χ2v) is 6.28. The second-order valence-electron chi connectivity index (χ2n) is 6.28. The molecule has 1 aliphatic heterocycles. The molecule has 0 spiro atoms. The zero-order valence-corrected chi connectivity index (χ0v) is 13.1. The highest BCUT2D eigenvalue weighted by Crippen LogP contribution is 2.21. The van der Waals surface area contributed by atoms with Gasteiger partial charge in [0.15, 0.2) is 0 Å². The molecule has 0 aliphatic carbocycles. The van der Waals surface area contributed by atoms with Crippen LogP contribution in [0.4, 0.5) is 5.82 Å². The van der Waals surface area contributed by atoms with Crippen molar-refractivity contribution in [3.63, 3.8) is 0 Å². The molecule has 2 rings (SSSR count). The van der Waals surface area contributed by atoms with E-state index in [1.54, 1.807) is 0 Å². The summed E-state index contributed by atoms with van der Waals surface area (Å²) in [5.74, 6) is 1.70. The van der Waals surface area contributed by atoms with Crippen LogP contribution in [-0.4, -0.2) is 29.1 Å². The van der Waals surface area contributed by atoms with E-state index < -0.39 is 0 Å². The van der Waals surface area contributed by atoms with Crippen LogP contribution in [0.2, 0.25) is 0 Å². The van der Waals surface area contributed by atoms with E-state index in [0.29, 0.717) is 12.0 Å². The lowest BCUT2D eigenvalue weighted by molar-refractivity contribution is 0.547. The van der Waals surface area contributed by atoms with E-state index in [1.165, 1.54) is 25.7 Å². The molecule has 0 bridgehead atoms. The van der Waals surface area contributed by atoms with Crippen LogP contribution in [0.15, 0.2) is 12.4 Å². The van der Waals surface area contributed by atoms with Crippen LogP contribution >= 0.6 is 0 Å². The summed E-state index contributed by atoms with van der Waals surface area (Å²) >= 11 is 0. The number of aromatic nitrogens is 2. The molecule has 2 heterocycles. The number of rotatable bonds is 5. The second kappa shape index (κ2) is 7.58. The largest absolute Gasteiger partial charge is 0.353 e. The fraction of sp³-hybridized carbons (Fsp3) is 0.750. The lowest BCUT2D eigenvalue weighted by atomic mass is 10.1. The molecular weight excluding hydrogens is 248 g/mol. The van der Waals surface area contributed by atoms with Gasteiger partial charge in [-0.2, -0.15) is 0 Å². The summed E-state index contributed by atoms with van der Waals surface area (Å²) in [7, 11) is 0. The van der Waals surface area contributed by atoms with Crippen LogP contribution in [0.3, 0.4) is 0 Å². The van der Waals surface area contributed by atoms with Crippen LogP contribution in [0.5, 0.6) is 0 Å². The molecule has 1 aromatic rings. The molecule has 112 valence electrons. The minimum Gasteiger partial charge on any atom is -0.353 e. The highest BCUT2D eigenvalue weighted by Gasteiger charge is 2.18. The number of nitrogens with one attached hydrogen (secondary N) is 1. The first-order valence-corrected chi connectivity index (χ1v) is 7.95. The number of anilines is 1. The van der Waals surface area contributed by atoms with Crippen LogP contribution in [-0.2, 0) is 6.54 Å². The smallest absolute Gasteiger partial charge is 0.147 e. The van der Waals surface area contributed by atoms with Crippen molar-refractivity contribution >= 4 is 5.82 Å². The van der Waals surface area contributed by atoms with Crippen molar-refractivity contribution < 1.29 is 0 Å². The SMILES string of the molecule is CC(C)CNCc1cnc(N2CCCCCC2C)cn1. The van der Waals surface area contributed by atoms with Gasteiger partial charge in [0.25, 0.3) is 0 Å². The molecule has 1 fully saturated rings. The van der Waals surface area contributed by atoms with Gasteiger partial charge in [-0.1, -0.05) is 26.7 Å². The molecule has 1 aliphatic rings. The maximum absolute atomic E-state index is 4.62. The molecule has 20 heavy (non-hydrogen) atoms. The van der Waals surface area contributed by atoms with Crippen molar-refractivity contribution in [2.45, 2.75) is 59.0 Å². The lowest BCUT2D eigenvalue weighted by Gasteiger charge is -2.27. The summed E-state index contributed by atoms with van der Waals surface area (Å²) in [5.41, 5.74) is 1.02. The highest BCUT2D eigenvalue weighted by atomic mass is 15.2. The quantitative estimate of drug-likeness (QED) is 0.897. The first-order valence-electron chi connectivity index (χ1n) is 7.95. The normalized spacial score (nSPS) is 20.2. The molecule has 4 heteroatoms. The van der Waals surface area contributed by atoms with Gasteiger partial charge in [0.2, 0.25) is 0 Å². The van der Waals surface area contributed by atoms with Crippen molar-refractivity contribution in [1.82, 2.24) is 15.3 Å². The zero-order valence-electron chi connectivity index (χ0n) is 13.1. The summed E-state index contributed by atoms with van der Waals surface area (Å²) in [6.45, 7) is 9.66. The Kier molecular flexibility index (Phi) is 5.77. The Morgan fingerprint density at radius 3 is 2.80 bits per heavy atom. The molecule has 1 aromatic heterocycles. The predicted octanol–water partition coefficient (Wildman–Crippen LogP) is 2.99. The summed E-state index contributed by atoms with van der Waals surface area (Å²) in [6, 6.07) is 0.580. The molecule has 1 atom stereocenters. The lowest BCUT2D eigenvalue weighted by Crippen LogP contribution is -2.33. The van der Waals surface area contributed by atoms with Gasteiger partial charge in [0, 0.05) is 19.1 Å². The molecule has 1 N–H and O–H groups in total. The third kappa shape index (κ3) is 4.44. The summed E-state index contributed by atoms with van der Waals surface area (Å²) in [4.78, 5) is 11.6. The van der Waals surface area contributed by atoms with E-state index in [9.17, 15) is 0 Å². The molecule has 1 unspecified atom stereocenters. The summed E-state index contributed by atoms with van der Waals surface area (Å²) < 4.78 is 0. The van der Waals surface area contributed by atoms with Crippen LogP contribution in [0.25, 0.3) is 0 Å². The zero-order chi connectivity index (χ0) is 14.4. The van der Waals surface area contributed by atoms with Crippen molar-refractivity contribution in [2.24, 2.45) is 5.92 Å². The Morgan fingerprint density at radius 2 is 2.10 bits per heavy atom. The summed E-state index contributed by atoms with van der Waals surface area (Å²) in [5, 5.41) is 3.40. The average Bonchev–Trinajstić information content (AvgIpc) is 2.64. The monoisotopic (exact) mass is 276 g/mol. The van der Waals surface area contributed by atoms with Gasteiger partial charge in [0.05, 0.1) is 18.1 Å². The van der Waals surface area contributed by atoms with Crippen LogP contribution in [0.1, 0.15) is 52.1 Å². The van der Waals surface area contributed by atoms with Crippen molar-refractivity contribution in [2.75, 3.05) is 18.0 Å². The van der Waals surface area contributed by atoms with Crippen LogP contribution in [0, 0.1) is 5.92 Å². The fourth-order valence-electron chi connectivity index (χ4n) is 2.69. The van der Waals surface area contributed by atoms with Crippen LogP contribution < -0.4 is 10.2 Å². The molecule has 1 saturated heterocycles. The van der Waals surface area contributed by atoms with Gasteiger partial charge in [-0.15, -0.1) is 0 Å². The Balaban J connectivity index is 1.93. The third-order valence-electron chi connectivity index (χ3n) is 3.90. The van der Waals surface area contributed by atoms with E-state index in [2.05, 4.69) is 41.0 Å². The van der Waals surface area contributed by atoms with Crippen molar-refractivity contribution in [3.8, 4) is 0 Å². The Bertz CT molecular complexity index is 388. The van der Waals surface area contributed by atoms with E-state index in [1.807, 2.05) is 12.4 Å². The molecule has 0 amide bonds. The minimum atomic E-state index is 0.580. The standard InChI is InChI=1S/C16H28N4/c1-13(2)9-17-10-15-11-19-16(12-18-15)20-8-6-4-5-7-14(20)3/h11-14,17H,4-10H2,1-3H3. The van der Waals surface area contributed by atoms with Gasteiger partial charge in [-0.25, -0.2) is 4.98 Å². The summed E-state index contributed by atoms with van der Waals surface area (Å²) in [6.07, 6.45) is 9.06. The van der Waals surface area contributed by atoms with E-state index in [0.717, 1.165) is 31.1 Å². The van der Waals surface area contributed by atoms with E-state index >= 15 is 0 Å². The van der Waals surface area contributed by atoms with Gasteiger partial charge >= 0.3 is 0 Å². The van der Waals surface area contributed by atoms with Gasteiger partial charge < -0.3 is 10.2 Å². The molecule has 0 saturated carbocycles. The Hall–Kier alpha value is -1.16. The van der Waals surface area contributed by atoms with E-state index in [-0.39, 0.29) is 0 Å². The van der Waals surface area contributed by atoms with E-state index in [4.69, 9.17) is 0 Å². The predicted molar refractivity (Wildman–Crippen MR) is 83.9 cm³/mol. The topological polar surface area (TPSA) is 41.1 Å². The first kappa shape index (κ1) is 15.2. The molecule has 0 aromatic carbocycles. The molecular formula is C16H28N4. The third-order valence-corrected chi connectivity index (χ3v) is 3.90. The fourth-order valence-corrected chi connectivity index (χ4v) is 2.69. The number of hydrogen-bond donors (Lipinski definition) is 1. The maximum Gasteiger partial charge on any atom is 0.147 e. The first-order chi connectivity index (χ1) is 9.66. The Labute approximate surface area is 123 Å². The average molecular weight is 276 g/mol. The van der Waals surface area contributed by atoms with Gasteiger partial charge in [0.1, 0.15) is 5.82 Å².